The van der Waals surface area contributed by atoms with E-state index in [-0.39, 0.29) is 40.2 Å². The van der Waals surface area contributed by atoms with Crippen LogP contribution in [0.5, 0.6) is 5.75 Å². The molecule has 0 saturated carbocycles. The molecule has 8 heteroatoms. The molecule has 4 rings (SSSR count). The van der Waals surface area contributed by atoms with E-state index in [0.29, 0.717) is 0 Å². The summed E-state index contributed by atoms with van der Waals surface area (Å²) in [5.74, 6) is 0.370. The van der Waals surface area contributed by atoms with Crippen LogP contribution in [-0.4, -0.2) is 27.5 Å². The highest BCUT2D eigenvalue weighted by atomic mass is 35.5. The van der Waals surface area contributed by atoms with Crippen molar-refractivity contribution in [2.45, 2.75) is 4.90 Å². The minimum absolute atomic E-state index is 0.133. The molecular formula is C25H21ClN2O4S. The molecule has 0 bridgehead atoms. The summed E-state index contributed by atoms with van der Waals surface area (Å²) < 4.78 is 33.2. The van der Waals surface area contributed by atoms with E-state index in [1.165, 1.54) is 30.3 Å². The van der Waals surface area contributed by atoms with Crippen LogP contribution in [0.15, 0.2) is 95.9 Å². The first-order valence-electron chi connectivity index (χ1n) is 10.2. The predicted molar refractivity (Wildman–Crippen MR) is 130 cm³/mol. The van der Waals surface area contributed by atoms with Crippen molar-refractivity contribution in [3.63, 3.8) is 0 Å². The lowest BCUT2D eigenvalue weighted by Crippen LogP contribution is -2.28. The highest BCUT2D eigenvalue weighted by molar-refractivity contribution is 7.92. The van der Waals surface area contributed by atoms with Crippen molar-refractivity contribution < 1.29 is 17.9 Å². The smallest absolute Gasteiger partial charge is 0.261 e. The molecule has 2 N–H and O–H groups in total. The molecule has 0 aliphatic rings. The van der Waals surface area contributed by atoms with Gasteiger partial charge in [-0.1, -0.05) is 66.2 Å². The predicted octanol–water partition coefficient (Wildman–Crippen LogP) is 5.10. The Morgan fingerprint density at radius 3 is 2.39 bits per heavy atom. The highest BCUT2D eigenvalue weighted by Gasteiger charge is 2.16. The summed E-state index contributed by atoms with van der Waals surface area (Å²) in [6.07, 6.45) is 0. The molecule has 33 heavy (non-hydrogen) atoms. The minimum atomic E-state index is -3.75. The molecule has 0 fully saturated rings. The van der Waals surface area contributed by atoms with Gasteiger partial charge < -0.3 is 10.1 Å². The maximum absolute atomic E-state index is 12.5. The topological polar surface area (TPSA) is 84.5 Å². The Morgan fingerprint density at radius 2 is 1.61 bits per heavy atom. The van der Waals surface area contributed by atoms with Crippen molar-refractivity contribution in [1.82, 2.24) is 5.32 Å². The lowest BCUT2D eigenvalue weighted by molar-refractivity contribution is 0.0947. The third-order valence-electron chi connectivity index (χ3n) is 4.91. The third kappa shape index (κ3) is 5.45. The number of halogens is 1. The van der Waals surface area contributed by atoms with Crippen LogP contribution >= 0.6 is 11.6 Å². The van der Waals surface area contributed by atoms with Crippen molar-refractivity contribution in [1.29, 1.82) is 0 Å². The average Bonchev–Trinajstić information content (AvgIpc) is 2.82. The fourth-order valence-electron chi connectivity index (χ4n) is 3.32. The van der Waals surface area contributed by atoms with Gasteiger partial charge in [-0.2, -0.15) is 0 Å². The summed E-state index contributed by atoms with van der Waals surface area (Å²) in [6, 6.07) is 26.1. The van der Waals surface area contributed by atoms with E-state index in [1.54, 1.807) is 18.2 Å². The van der Waals surface area contributed by atoms with Crippen molar-refractivity contribution in [3.05, 3.63) is 102 Å². The molecule has 4 aromatic carbocycles. The summed E-state index contributed by atoms with van der Waals surface area (Å²) in [5.41, 5.74) is 0.504. The second-order valence-electron chi connectivity index (χ2n) is 7.19. The Labute approximate surface area is 197 Å². The molecule has 0 spiro atoms. The van der Waals surface area contributed by atoms with Gasteiger partial charge in [0.25, 0.3) is 15.9 Å². The van der Waals surface area contributed by atoms with Gasteiger partial charge in [0.05, 0.1) is 27.7 Å². The number of carbonyl (C=O) groups is 1. The number of fused-ring (bicyclic) bond motifs is 1. The average molecular weight is 481 g/mol. The molecule has 0 unspecified atom stereocenters. The largest absolute Gasteiger partial charge is 0.491 e. The Hall–Kier alpha value is -3.55. The first kappa shape index (κ1) is 22.6. The van der Waals surface area contributed by atoms with Crippen LogP contribution in [0.1, 0.15) is 10.4 Å². The number of amides is 1. The quantitative estimate of drug-likeness (QED) is 0.343. The van der Waals surface area contributed by atoms with Gasteiger partial charge in [0.15, 0.2) is 0 Å². The Balaban J connectivity index is 1.35. The number of hydrogen-bond donors (Lipinski definition) is 2. The lowest BCUT2D eigenvalue weighted by atomic mass is 10.1. The van der Waals surface area contributed by atoms with Gasteiger partial charge in [-0.25, -0.2) is 8.42 Å². The van der Waals surface area contributed by atoms with Gasteiger partial charge in [0.2, 0.25) is 0 Å². The van der Waals surface area contributed by atoms with E-state index in [2.05, 4.69) is 10.0 Å². The normalized spacial score (nSPS) is 11.2. The molecular weight excluding hydrogens is 460 g/mol. The zero-order valence-corrected chi connectivity index (χ0v) is 19.1. The van der Waals surface area contributed by atoms with E-state index in [9.17, 15) is 13.2 Å². The zero-order valence-electron chi connectivity index (χ0n) is 17.5. The van der Waals surface area contributed by atoms with E-state index in [4.69, 9.17) is 16.3 Å². The minimum Gasteiger partial charge on any atom is -0.491 e. The summed E-state index contributed by atoms with van der Waals surface area (Å²) in [6.45, 7) is 0.563. The van der Waals surface area contributed by atoms with E-state index in [0.717, 1.165) is 16.5 Å². The van der Waals surface area contributed by atoms with Crippen LogP contribution in [-0.2, 0) is 10.0 Å². The molecule has 0 aromatic heterocycles. The van der Waals surface area contributed by atoms with Crippen LogP contribution in [0.2, 0.25) is 5.02 Å². The first-order chi connectivity index (χ1) is 15.9. The third-order valence-corrected chi connectivity index (χ3v) is 6.62. The van der Waals surface area contributed by atoms with Crippen LogP contribution in [0.3, 0.4) is 0 Å². The van der Waals surface area contributed by atoms with Crippen LogP contribution in [0.4, 0.5) is 5.69 Å². The summed E-state index contributed by atoms with van der Waals surface area (Å²) in [5, 5.41) is 4.98. The number of carbonyl (C=O) groups excluding carboxylic acids is 1. The van der Waals surface area contributed by atoms with Crippen LogP contribution in [0.25, 0.3) is 10.8 Å². The zero-order chi connectivity index (χ0) is 23.3. The number of nitrogens with one attached hydrogen (secondary N) is 2. The lowest BCUT2D eigenvalue weighted by Gasteiger charge is -2.12. The second-order valence-corrected chi connectivity index (χ2v) is 9.28. The number of sulfonamides is 1. The van der Waals surface area contributed by atoms with Gasteiger partial charge in [-0.15, -0.1) is 0 Å². The Kier molecular flexibility index (Phi) is 6.82. The van der Waals surface area contributed by atoms with Gasteiger partial charge in [-0.3, -0.25) is 9.52 Å². The van der Waals surface area contributed by atoms with Gasteiger partial charge in [0.1, 0.15) is 12.4 Å². The van der Waals surface area contributed by atoms with E-state index < -0.39 is 10.0 Å². The number of anilines is 1. The van der Waals surface area contributed by atoms with Crippen molar-refractivity contribution >= 4 is 44.0 Å². The maximum atomic E-state index is 12.5. The van der Waals surface area contributed by atoms with Crippen molar-refractivity contribution in [3.8, 4) is 5.75 Å². The van der Waals surface area contributed by atoms with Gasteiger partial charge in [-0.05, 0) is 41.8 Å². The highest BCUT2D eigenvalue weighted by Crippen LogP contribution is 2.25. The molecule has 168 valence electrons. The SMILES string of the molecule is O=C(NCCOc1cccc2ccccc12)c1ccc(NS(=O)(=O)c2ccccc2)cc1Cl. The molecule has 1 amide bonds. The first-order valence-corrected chi connectivity index (χ1v) is 12.1. The molecule has 6 nitrogen and oxygen atoms in total. The monoisotopic (exact) mass is 480 g/mol. The maximum Gasteiger partial charge on any atom is 0.261 e. The molecule has 0 saturated heterocycles. The van der Waals surface area contributed by atoms with Gasteiger partial charge in [0, 0.05) is 5.39 Å². The fraction of sp³-hybridized carbons (Fsp3) is 0.0800. The summed E-state index contributed by atoms with van der Waals surface area (Å²) in [4.78, 5) is 12.7. The van der Waals surface area contributed by atoms with Crippen molar-refractivity contribution in [2.75, 3.05) is 17.9 Å². The van der Waals surface area contributed by atoms with Crippen LogP contribution < -0.4 is 14.8 Å². The van der Waals surface area contributed by atoms with E-state index >= 15 is 0 Å². The number of ether oxygens (including phenoxy) is 1. The number of benzene rings is 4. The summed E-state index contributed by atoms with van der Waals surface area (Å²) in [7, 11) is -3.75. The molecule has 0 aliphatic heterocycles. The van der Waals surface area contributed by atoms with Crippen molar-refractivity contribution in [2.24, 2.45) is 0 Å². The number of rotatable bonds is 8. The molecule has 0 heterocycles. The Morgan fingerprint density at radius 1 is 0.879 bits per heavy atom. The fourth-order valence-corrected chi connectivity index (χ4v) is 4.66. The number of hydrogen-bond acceptors (Lipinski definition) is 4. The van der Waals surface area contributed by atoms with E-state index in [1.807, 2.05) is 42.5 Å². The molecule has 4 aromatic rings. The molecule has 0 aliphatic carbocycles. The Bertz CT molecular complexity index is 1390. The molecule has 0 atom stereocenters. The van der Waals surface area contributed by atoms with Crippen LogP contribution in [0, 0.1) is 0 Å². The summed E-state index contributed by atoms with van der Waals surface area (Å²) >= 11 is 6.25. The van der Waals surface area contributed by atoms with Gasteiger partial charge >= 0.3 is 0 Å². The second kappa shape index (κ2) is 9.94. The standard InChI is InChI=1S/C25H21ClN2O4S/c26-23-17-19(28-33(30,31)20-9-2-1-3-10-20)13-14-22(23)25(29)27-15-16-32-24-12-6-8-18-7-4-5-11-21(18)24/h1-14,17,28H,15-16H2,(H,27,29). The molecule has 0 radical (unpaired) electrons.